The molecule has 3 aromatic rings. The molecule has 22 heavy (non-hydrogen) atoms. The van der Waals surface area contributed by atoms with Gasteiger partial charge in [-0.05, 0) is 35.7 Å². The van der Waals surface area contributed by atoms with E-state index < -0.39 is 11.7 Å². The number of nitrogens with zero attached hydrogens (tertiary/aromatic N) is 1. The molecule has 0 amide bonds. The van der Waals surface area contributed by atoms with Gasteiger partial charge in [0.25, 0.3) is 0 Å². The van der Waals surface area contributed by atoms with Crippen molar-refractivity contribution >= 4 is 10.9 Å². The van der Waals surface area contributed by atoms with E-state index in [1.54, 1.807) is 25.3 Å². The molecule has 0 aliphatic rings. The van der Waals surface area contributed by atoms with Gasteiger partial charge in [-0.2, -0.15) is 13.2 Å². The molecule has 2 aromatic carbocycles. The van der Waals surface area contributed by atoms with Crippen molar-refractivity contribution in [1.29, 1.82) is 0 Å². The lowest BCUT2D eigenvalue weighted by atomic mass is 9.97. The molecule has 1 nitrogen and oxygen atoms in total. The number of fused-ring (bicyclic) bond motifs is 1. The van der Waals surface area contributed by atoms with E-state index in [-0.39, 0.29) is 0 Å². The molecule has 4 heteroatoms. The highest BCUT2D eigenvalue weighted by Crippen LogP contribution is 2.35. The highest BCUT2D eigenvalue weighted by atomic mass is 19.4. The number of hydrogen-bond donors (Lipinski definition) is 0. The second kappa shape index (κ2) is 5.44. The van der Waals surface area contributed by atoms with E-state index >= 15 is 0 Å². The summed E-state index contributed by atoms with van der Waals surface area (Å²) in [5.74, 6) is 0. The molecule has 0 unspecified atom stereocenters. The van der Waals surface area contributed by atoms with Gasteiger partial charge in [0.1, 0.15) is 0 Å². The largest absolute Gasteiger partial charge is 0.416 e. The molecule has 0 radical (unpaired) electrons. The average Bonchev–Trinajstić information content (AvgIpc) is 2.53. The summed E-state index contributed by atoms with van der Waals surface area (Å²) in [6.45, 7) is 1.72. The van der Waals surface area contributed by atoms with Gasteiger partial charge in [-0.15, -0.1) is 0 Å². The van der Waals surface area contributed by atoms with Crippen LogP contribution in [0.25, 0.3) is 22.0 Å². The fourth-order valence-corrected chi connectivity index (χ4v) is 2.56. The Morgan fingerprint density at radius 3 is 2.45 bits per heavy atom. The predicted octanol–water partition coefficient (Wildman–Crippen LogP) is 5.48. The van der Waals surface area contributed by atoms with Crippen molar-refractivity contribution in [3.05, 3.63) is 65.9 Å². The summed E-state index contributed by atoms with van der Waals surface area (Å²) in [7, 11) is 0. The zero-order chi connectivity index (χ0) is 15.7. The van der Waals surface area contributed by atoms with Gasteiger partial charge in [-0.25, -0.2) is 0 Å². The molecular formula is C18H14F3N. The van der Waals surface area contributed by atoms with E-state index in [0.717, 1.165) is 10.9 Å². The van der Waals surface area contributed by atoms with Crippen molar-refractivity contribution in [3.63, 3.8) is 0 Å². The maximum absolute atomic E-state index is 13.2. The maximum Gasteiger partial charge on any atom is 0.416 e. The van der Waals surface area contributed by atoms with Gasteiger partial charge < -0.3 is 0 Å². The van der Waals surface area contributed by atoms with Crippen molar-refractivity contribution in [1.82, 2.24) is 4.98 Å². The Morgan fingerprint density at radius 1 is 0.955 bits per heavy atom. The van der Waals surface area contributed by atoms with Crippen molar-refractivity contribution in [2.24, 2.45) is 0 Å². The molecule has 0 saturated heterocycles. The molecule has 0 atom stereocenters. The third-order valence-electron chi connectivity index (χ3n) is 3.72. The van der Waals surface area contributed by atoms with E-state index in [1.807, 2.05) is 30.3 Å². The van der Waals surface area contributed by atoms with Gasteiger partial charge in [0, 0.05) is 17.1 Å². The molecule has 112 valence electrons. The van der Waals surface area contributed by atoms with Crippen LogP contribution in [0, 0.1) is 0 Å². The van der Waals surface area contributed by atoms with Crippen molar-refractivity contribution in [2.45, 2.75) is 19.5 Å². The van der Waals surface area contributed by atoms with Gasteiger partial charge in [0.05, 0.1) is 11.1 Å². The minimum atomic E-state index is -4.34. The van der Waals surface area contributed by atoms with E-state index in [1.165, 1.54) is 6.07 Å². The quantitative estimate of drug-likeness (QED) is 0.610. The first-order valence-corrected chi connectivity index (χ1v) is 7.04. The van der Waals surface area contributed by atoms with Gasteiger partial charge >= 0.3 is 6.18 Å². The number of alkyl halides is 3. The molecule has 0 N–H and O–H groups in total. The van der Waals surface area contributed by atoms with Gasteiger partial charge in [-0.3, -0.25) is 4.98 Å². The number of benzene rings is 2. The smallest absolute Gasteiger partial charge is 0.256 e. The van der Waals surface area contributed by atoms with E-state index in [9.17, 15) is 13.2 Å². The second-order valence-electron chi connectivity index (χ2n) is 5.14. The van der Waals surface area contributed by atoms with Gasteiger partial charge in [-0.1, -0.05) is 37.3 Å². The standard InChI is InChI=1S/C18H14F3N/c1-2-12-7-8-13(10-16(12)18(19,20)21)15-9-14-5-3-4-6-17(14)22-11-15/h3-11H,2H2,1H3. The third-order valence-corrected chi connectivity index (χ3v) is 3.72. The Hall–Kier alpha value is -2.36. The number of rotatable bonds is 2. The summed E-state index contributed by atoms with van der Waals surface area (Å²) in [6.07, 6.45) is -2.37. The first kappa shape index (κ1) is 14.6. The number of aryl methyl sites for hydroxylation is 1. The van der Waals surface area contributed by atoms with Gasteiger partial charge in [0.15, 0.2) is 0 Å². The van der Waals surface area contributed by atoms with Crippen LogP contribution in [0.4, 0.5) is 13.2 Å². The fourth-order valence-electron chi connectivity index (χ4n) is 2.56. The lowest BCUT2D eigenvalue weighted by Crippen LogP contribution is -2.09. The van der Waals surface area contributed by atoms with Gasteiger partial charge in [0.2, 0.25) is 0 Å². The van der Waals surface area contributed by atoms with Crippen molar-refractivity contribution in [3.8, 4) is 11.1 Å². The van der Waals surface area contributed by atoms with Crippen LogP contribution in [-0.4, -0.2) is 4.98 Å². The minimum absolute atomic E-state index is 0.310. The van der Waals surface area contributed by atoms with Crippen LogP contribution in [0.15, 0.2) is 54.7 Å². The second-order valence-corrected chi connectivity index (χ2v) is 5.14. The zero-order valence-corrected chi connectivity index (χ0v) is 12.0. The Labute approximate surface area is 126 Å². The monoisotopic (exact) mass is 301 g/mol. The molecule has 0 aliphatic carbocycles. The Morgan fingerprint density at radius 2 is 1.73 bits per heavy atom. The third kappa shape index (κ3) is 2.69. The number of aromatic nitrogens is 1. The highest BCUT2D eigenvalue weighted by molar-refractivity contribution is 5.83. The number of halogens is 3. The first-order chi connectivity index (χ1) is 10.5. The molecule has 0 fully saturated rings. The van der Waals surface area contributed by atoms with Crippen LogP contribution in [-0.2, 0) is 12.6 Å². The Kier molecular flexibility index (Phi) is 3.61. The Balaban J connectivity index is 2.14. The van der Waals surface area contributed by atoms with Crippen LogP contribution in [0.1, 0.15) is 18.1 Å². The van der Waals surface area contributed by atoms with Crippen molar-refractivity contribution in [2.75, 3.05) is 0 Å². The molecule has 0 aliphatic heterocycles. The summed E-state index contributed by atoms with van der Waals surface area (Å²) >= 11 is 0. The van der Waals surface area contributed by atoms with E-state index in [2.05, 4.69) is 4.98 Å². The topological polar surface area (TPSA) is 12.9 Å². The molecule has 3 rings (SSSR count). The molecule has 0 saturated carbocycles. The summed E-state index contributed by atoms with van der Waals surface area (Å²) in [6, 6.07) is 13.9. The van der Waals surface area contributed by atoms with E-state index in [0.29, 0.717) is 23.1 Å². The first-order valence-electron chi connectivity index (χ1n) is 7.04. The summed E-state index contributed by atoms with van der Waals surface area (Å²) in [4.78, 5) is 4.31. The SMILES string of the molecule is CCc1ccc(-c2cnc3ccccc3c2)cc1C(F)(F)F. The lowest BCUT2D eigenvalue weighted by Gasteiger charge is -2.14. The summed E-state index contributed by atoms with van der Waals surface area (Å²) in [5, 5.41) is 0.910. The van der Waals surface area contributed by atoms with Crippen LogP contribution < -0.4 is 0 Å². The minimum Gasteiger partial charge on any atom is -0.256 e. The number of pyridine rings is 1. The van der Waals surface area contributed by atoms with E-state index in [4.69, 9.17) is 0 Å². The molecule has 0 spiro atoms. The number of para-hydroxylation sites is 1. The molecule has 1 aromatic heterocycles. The van der Waals surface area contributed by atoms with Crippen LogP contribution in [0.5, 0.6) is 0 Å². The molecule has 1 heterocycles. The van der Waals surface area contributed by atoms with Crippen LogP contribution in [0.3, 0.4) is 0 Å². The highest BCUT2D eigenvalue weighted by Gasteiger charge is 2.33. The summed E-state index contributed by atoms with van der Waals surface area (Å²) in [5.41, 5.74) is 1.78. The predicted molar refractivity (Wildman–Crippen MR) is 81.6 cm³/mol. The van der Waals surface area contributed by atoms with Crippen LogP contribution in [0.2, 0.25) is 0 Å². The number of hydrogen-bond acceptors (Lipinski definition) is 1. The van der Waals surface area contributed by atoms with Crippen LogP contribution >= 0.6 is 0 Å². The fraction of sp³-hybridized carbons (Fsp3) is 0.167. The summed E-state index contributed by atoms with van der Waals surface area (Å²) < 4.78 is 39.5. The molecule has 0 bridgehead atoms. The maximum atomic E-state index is 13.2. The molecular weight excluding hydrogens is 287 g/mol. The average molecular weight is 301 g/mol. The zero-order valence-electron chi connectivity index (χ0n) is 12.0. The normalized spacial score (nSPS) is 11.8. The Bertz CT molecular complexity index is 822. The lowest BCUT2D eigenvalue weighted by molar-refractivity contribution is -0.138. The van der Waals surface area contributed by atoms with Crippen molar-refractivity contribution < 1.29 is 13.2 Å².